The Kier molecular flexibility index (Phi) is 8.78. The number of nitrogens with zero attached hydrogens (tertiary/aromatic N) is 2. The van der Waals surface area contributed by atoms with Crippen LogP contribution in [-0.2, 0) is 4.74 Å². The summed E-state index contributed by atoms with van der Waals surface area (Å²) in [7, 11) is 6.37. The van der Waals surface area contributed by atoms with Crippen molar-refractivity contribution >= 4 is 6.08 Å². The zero-order chi connectivity index (χ0) is 27.0. The fraction of sp³-hybridized carbons (Fsp3) is 0.909. The Morgan fingerprint density at radius 2 is 1.81 bits per heavy atom. The van der Waals surface area contributed by atoms with Crippen molar-refractivity contribution in [3.63, 3.8) is 0 Å². The number of ether oxygens (including phenoxy) is 1. The molecule has 3 fully saturated rings. The van der Waals surface area contributed by atoms with Crippen molar-refractivity contribution in [2.75, 3.05) is 34.2 Å². The Balaban J connectivity index is 1.38. The molecule has 4 heteroatoms. The van der Waals surface area contributed by atoms with E-state index in [0.717, 1.165) is 65.8 Å². The van der Waals surface area contributed by atoms with Gasteiger partial charge in [-0.15, -0.1) is 0 Å². The molecule has 4 aliphatic rings. The topological polar surface area (TPSA) is 44.6 Å². The molecule has 8 atom stereocenters. The highest BCUT2D eigenvalue weighted by molar-refractivity contribution is 5.61. The number of quaternary nitrogens is 1. The second-order valence-electron chi connectivity index (χ2n) is 15.4. The van der Waals surface area contributed by atoms with Crippen LogP contribution in [0.2, 0.25) is 0 Å². The summed E-state index contributed by atoms with van der Waals surface area (Å²) < 4.78 is 6.67. The van der Waals surface area contributed by atoms with Crippen LogP contribution in [-0.4, -0.2) is 50.9 Å². The van der Waals surface area contributed by atoms with Gasteiger partial charge in [0.15, 0.2) is 0 Å². The minimum absolute atomic E-state index is 0.00709. The third-order valence-corrected chi connectivity index (χ3v) is 11.5. The van der Waals surface area contributed by atoms with Crippen LogP contribution in [0, 0.1) is 46.3 Å². The Labute approximate surface area is 228 Å². The van der Waals surface area contributed by atoms with Crippen molar-refractivity contribution in [2.24, 2.45) is 51.3 Å². The SMILES string of the molecule is CC(C)CCC[C@@H](C)[C@H]1CC[C@H]2[C@@H]3CC=C4C[C@@H](OC([O-])=NCC[N+](C)(C)C)CC[C@]4(C)[C@H]3CC[C@]12C. The maximum Gasteiger partial charge on any atom is 0.145 e. The normalized spacial score (nSPS) is 39.0. The fourth-order valence-corrected chi connectivity index (χ4v) is 9.37. The van der Waals surface area contributed by atoms with E-state index in [-0.39, 0.29) is 12.2 Å². The molecule has 0 radical (unpaired) electrons. The van der Waals surface area contributed by atoms with Crippen molar-refractivity contribution in [3.8, 4) is 0 Å². The third-order valence-electron chi connectivity index (χ3n) is 11.5. The van der Waals surface area contributed by atoms with E-state index < -0.39 is 0 Å². The van der Waals surface area contributed by atoms with Gasteiger partial charge in [-0.2, -0.15) is 0 Å². The molecular formula is C33H58N2O2. The second-order valence-corrected chi connectivity index (χ2v) is 15.4. The van der Waals surface area contributed by atoms with E-state index in [0.29, 0.717) is 17.4 Å². The number of aliphatic imine (C=N–C) groups is 1. The van der Waals surface area contributed by atoms with Crippen molar-refractivity contribution in [1.29, 1.82) is 0 Å². The maximum absolute atomic E-state index is 12.4. The largest absolute Gasteiger partial charge is 0.597 e. The summed E-state index contributed by atoms with van der Waals surface area (Å²) in [4.78, 5) is 4.19. The zero-order valence-electron chi connectivity index (χ0n) is 25.5. The number of hydrogen-bond donors (Lipinski definition) is 0. The van der Waals surface area contributed by atoms with Gasteiger partial charge in [0.25, 0.3) is 0 Å². The van der Waals surface area contributed by atoms with Crippen molar-refractivity contribution in [2.45, 2.75) is 111 Å². The van der Waals surface area contributed by atoms with E-state index in [2.05, 4.69) is 66.8 Å². The van der Waals surface area contributed by atoms with Crippen molar-refractivity contribution in [1.82, 2.24) is 0 Å². The summed E-state index contributed by atoms with van der Waals surface area (Å²) >= 11 is 0. The molecule has 37 heavy (non-hydrogen) atoms. The highest BCUT2D eigenvalue weighted by Gasteiger charge is 2.59. The molecule has 0 unspecified atom stereocenters. The minimum Gasteiger partial charge on any atom is -0.597 e. The van der Waals surface area contributed by atoms with Gasteiger partial charge in [0, 0.05) is 6.10 Å². The molecule has 212 valence electrons. The molecule has 0 heterocycles. The quantitative estimate of drug-likeness (QED) is 0.146. The third kappa shape index (κ3) is 6.25. The summed E-state index contributed by atoms with van der Waals surface area (Å²) in [6, 6.07) is 0. The number of hydrogen-bond acceptors (Lipinski definition) is 3. The lowest BCUT2D eigenvalue weighted by Gasteiger charge is -2.59. The summed E-state index contributed by atoms with van der Waals surface area (Å²) in [6.07, 6.45) is 16.5. The van der Waals surface area contributed by atoms with E-state index in [1.54, 1.807) is 5.57 Å². The fourth-order valence-electron chi connectivity index (χ4n) is 9.37. The van der Waals surface area contributed by atoms with Crippen LogP contribution in [0.3, 0.4) is 0 Å². The van der Waals surface area contributed by atoms with E-state index in [1.165, 1.54) is 51.4 Å². The Morgan fingerprint density at radius 3 is 2.51 bits per heavy atom. The van der Waals surface area contributed by atoms with Gasteiger partial charge in [-0.05, 0) is 97.7 Å². The standard InChI is InChI=1S/C33H58N2O2/c1-23(2)10-9-11-24(3)28-14-15-29-27-13-12-25-22-26(37-31(36)34-20-21-35(6,7)8)16-18-32(25,4)30(27)17-19-33(28,29)5/h12,23-24,26-30H,9-11,13-22H2,1-8H3/t24-,26+,27+,28-,29+,30+,32+,33-/m1/s1. The molecule has 4 nitrogen and oxygen atoms in total. The number of allylic oxidation sites excluding steroid dienone is 1. The van der Waals surface area contributed by atoms with Gasteiger partial charge in [0.2, 0.25) is 0 Å². The molecule has 3 saturated carbocycles. The van der Waals surface area contributed by atoms with Gasteiger partial charge >= 0.3 is 0 Å². The van der Waals surface area contributed by atoms with Gasteiger partial charge in [0.1, 0.15) is 6.08 Å². The number of fused-ring (bicyclic) bond motifs is 5. The van der Waals surface area contributed by atoms with Gasteiger partial charge in [-0.25, -0.2) is 0 Å². The Morgan fingerprint density at radius 1 is 1.05 bits per heavy atom. The van der Waals surface area contributed by atoms with Crippen LogP contribution in [0.4, 0.5) is 0 Å². The monoisotopic (exact) mass is 514 g/mol. The average molecular weight is 515 g/mol. The van der Waals surface area contributed by atoms with Crippen LogP contribution in [0.15, 0.2) is 16.6 Å². The molecule has 4 aliphatic carbocycles. The summed E-state index contributed by atoms with van der Waals surface area (Å²) in [6.45, 7) is 13.9. The molecular weight excluding hydrogens is 456 g/mol. The molecule has 4 rings (SSSR count). The first-order valence-electron chi connectivity index (χ1n) is 15.7. The molecule has 0 aromatic heterocycles. The summed E-state index contributed by atoms with van der Waals surface area (Å²) in [5.41, 5.74) is 2.43. The number of likely N-dealkylation sites (N-methyl/N-ethyl adjacent to an activating group) is 1. The first kappa shape index (κ1) is 29.0. The Hall–Kier alpha value is -1.03. The Bertz CT molecular complexity index is 842. The first-order chi connectivity index (χ1) is 17.3. The smallest absolute Gasteiger partial charge is 0.145 e. The van der Waals surface area contributed by atoms with Crippen LogP contribution in [0.5, 0.6) is 0 Å². The van der Waals surface area contributed by atoms with Crippen LogP contribution < -0.4 is 5.11 Å². The van der Waals surface area contributed by atoms with E-state index >= 15 is 0 Å². The van der Waals surface area contributed by atoms with Crippen LogP contribution >= 0.6 is 0 Å². The minimum atomic E-state index is -0.357. The summed E-state index contributed by atoms with van der Waals surface area (Å²) in [5.74, 6) is 5.18. The number of rotatable bonds is 9. The molecule has 0 aromatic rings. The van der Waals surface area contributed by atoms with Gasteiger partial charge < -0.3 is 14.3 Å². The van der Waals surface area contributed by atoms with E-state index in [9.17, 15) is 5.11 Å². The predicted octanol–water partition coefficient (Wildman–Crippen LogP) is 6.84. The molecule has 0 saturated heterocycles. The van der Waals surface area contributed by atoms with Crippen LogP contribution in [0.25, 0.3) is 0 Å². The summed E-state index contributed by atoms with van der Waals surface area (Å²) in [5, 5.41) is 12.4. The lowest BCUT2D eigenvalue weighted by molar-refractivity contribution is -0.868. The lowest BCUT2D eigenvalue weighted by Crippen LogP contribution is -2.51. The molecule has 0 amide bonds. The second kappa shape index (κ2) is 11.2. The molecule has 0 aliphatic heterocycles. The van der Waals surface area contributed by atoms with Gasteiger partial charge in [-0.1, -0.05) is 65.5 Å². The lowest BCUT2D eigenvalue weighted by atomic mass is 9.47. The first-order valence-corrected chi connectivity index (χ1v) is 15.7. The van der Waals surface area contributed by atoms with Gasteiger partial charge in [-0.3, -0.25) is 4.99 Å². The van der Waals surface area contributed by atoms with E-state index in [1.807, 2.05) is 0 Å². The van der Waals surface area contributed by atoms with Crippen LogP contribution in [0.1, 0.15) is 105 Å². The predicted molar refractivity (Wildman–Crippen MR) is 153 cm³/mol. The molecule has 0 N–H and O–H groups in total. The highest BCUT2D eigenvalue weighted by Crippen LogP contribution is 2.67. The van der Waals surface area contributed by atoms with Gasteiger partial charge in [0.05, 0.1) is 34.2 Å². The van der Waals surface area contributed by atoms with Crippen molar-refractivity contribution < 1.29 is 14.3 Å². The molecule has 0 aromatic carbocycles. The maximum atomic E-state index is 12.4. The zero-order valence-corrected chi connectivity index (χ0v) is 25.5. The average Bonchev–Trinajstić information content (AvgIpc) is 3.15. The molecule has 0 bridgehead atoms. The molecule has 0 spiro atoms. The van der Waals surface area contributed by atoms with Crippen molar-refractivity contribution in [3.05, 3.63) is 11.6 Å². The highest BCUT2D eigenvalue weighted by atomic mass is 16.6. The van der Waals surface area contributed by atoms with E-state index in [4.69, 9.17) is 4.74 Å².